The summed E-state index contributed by atoms with van der Waals surface area (Å²) in [5.74, 6) is 0. The zero-order valence-corrected chi connectivity index (χ0v) is 14.6. The summed E-state index contributed by atoms with van der Waals surface area (Å²) in [4.78, 5) is 0. The normalized spacial score (nSPS) is 12.2. The van der Waals surface area contributed by atoms with Gasteiger partial charge in [0.25, 0.3) is 0 Å². The highest BCUT2D eigenvalue weighted by Crippen LogP contribution is 2.08. The molecule has 2 aromatic rings. The SMILES string of the molecule is CSC(=NN=Cc1ccc(Cl)cc1)NN=Cc1ccc(Cl)cc1. The summed E-state index contributed by atoms with van der Waals surface area (Å²) in [5, 5.41) is 14.2. The van der Waals surface area contributed by atoms with Gasteiger partial charge in [-0.15, -0.1) is 5.10 Å². The van der Waals surface area contributed by atoms with Crippen LogP contribution in [0.25, 0.3) is 0 Å². The maximum atomic E-state index is 5.83. The average molecular weight is 365 g/mol. The minimum Gasteiger partial charge on any atom is -0.254 e. The molecule has 118 valence electrons. The van der Waals surface area contributed by atoms with Crippen molar-refractivity contribution < 1.29 is 0 Å². The summed E-state index contributed by atoms with van der Waals surface area (Å²) in [7, 11) is 0. The van der Waals surface area contributed by atoms with Gasteiger partial charge in [0.2, 0.25) is 5.17 Å². The molecule has 0 saturated carbocycles. The number of nitrogens with one attached hydrogen (secondary N) is 1. The van der Waals surface area contributed by atoms with Crippen LogP contribution in [-0.4, -0.2) is 23.9 Å². The number of nitrogens with zero attached hydrogens (tertiary/aromatic N) is 3. The quantitative estimate of drug-likeness (QED) is 0.486. The van der Waals surface area contributed by atoms with Crippen LogP contribution >= 0.6 is 35.0 Å². The maximum Gasteiger partial charge on any atom is 0.203 e. The predicted molar refractivity (Wildman–Crippen MR) is 102 cm³/mol. The summed E-state index contributed by atoms with van der Waals surface area (Å²) in [5.41, 5.74) is 4.70. The molecule has 2 aromatic carbocycles. The number of thioether (sulfide) groups is 1. The molecule has 23 heavy (non-hydrogen) atoms. The third-order valence-electron chi connectivity index (χ3n) is 2.66. The van der Waals surface area contributed by atoms with E-state index in [1.807, 2.05) is 42.7 Å². The Morgan fingerprint density at radius 2 is 1.43 bits per heavy atom. The van der Waals surface area contributed by atoms with Gasteiger partial charge in [-0.25, -0.2) is 0 Å². The molecule has 0 atom stereocenters. The molecule has 7 heteroatoms. The molecule has 0 amide bonds. The van der Waals surface area contributed by atoms with Crippen molar-refractivity contribution in [3.63, 3.8) is 0 Å². The van der Waals surface area contributed by atoms with Crippen molar-refractivity contribution in [2.75, 3.05) is 6.26 Å². The minimum absolute atomic E-state index is 0.584. The number of hydrazone groups is 1. The molecule has 2 rings (SSSR count). The smallest absolute Gasteiger partial charge is 0.203 e. The number of hydrogen-bond acceptors (Lipinski definition) is 4. The Bertz CT molecular complexity index is 710. The molecule has 0 fully saturated rings. The molecule has 0 unspecified atom stereocenters. The number of halogens is 2. The second-order valence-electron chi connectivity index (χ2n) is 4.33. The number of amidine groups is 1. The summed E-state index contributed by atoms with van der Waals surface area (Å²) in [6.45, 7) is 0. The van der Waals surface area contributed by atoms with E-state index in [1.165, 1.54) is 11.8 Å². The van der Waals surface area contributed by atoms with Gasteiger partial charge in [-0.3, -0.25) is 5.43 Å². The highest BCUT2D eigenvalue weighted by molar-refractivity contribution is 8.13. The second kappa shape index (κ2) is 9.35. The predicted octanol–water partition coefficient (Wildman–Crippen LogP) is 4.67. The fourth-order valence-corrected chi connectivity index (χ4v) is 2.04. The molecule has 1 N–H and O–H groups in total. The number of rotatable bonds is 4. The van der Waals surface area contributed by atoms with E-state index in [0.29, 0.717) is 15.2 Å². The second-order valence-corrected chi connectivity index (χ2v) is 5.99. The molecule has 0 aliphatic heterocycles. The van der Waals surface area contributed by atoms with Crippen LogP contribution in [0.1, 0.15) is 11.1 Å². The molecule has 4 nitrogen and oxygen atoms in total. The molecule has 0 aliphatic rings. The Labute approximate surface area is 149 Å². The Hall–Kier alpha value is -1.82. The van der Waals surface area contributed by atoms with Gasteiger partial charge in [-0.05, 0) is 41.6 Å². The monoisotopic (exact) mass is 364 g/mol. The van der Waals surface area contributed by atoms with Crippen molar-refractivity contribution in [3.8, 4) is 0 Å². The summed E-state index contributed by atoms with van der Waals surface area (Å²) in [6, 6.07) is 14.7. The Balaban J connectivity index is 1.93. The zero-order valence-electron chi connectivity index (χ0n) is 12.3. The zero-order chi connectivity index (χ0) is 16.5. The largest absolute Gasteiger partial charge is 0.254 e. The standard InChI is InChI=1S/C16H14Cl2N4S/c1-23-16(21-19-10-12-2-6-14(17)7-3-12)22-20-11-13-4-8-15(18)9-5-13/h2-11H,1H3,(H,21,22). The van der Waals surface area contributed by atoms with Crippen LogP contribution in [0.2, 0.25) is 10.0 Å². The molecule has 0 aliphatic carbocycles. The highest BCUT2D eigenvalue weighted by atomic mass is 35.5. The van der Waals surface area contributed by atoms with Crippen LogP contribution < -0.4 is 5.43 Å². The van der Waals surface area contributed by atoms with E-state index in [9.17, 15) is 0 Å². The van der Waals surface area contributed by atoms with Crippen LogP contribution in [0.15, 0.2) is 63.8 Å². The fourth-order valence-electron chi connectivity index (χ4n) is 1.52. The molecular formula is C16H14Cl2N4S. The minimum atomic E-state index is 0.584. The first-order valence-corrected chi connectivity index (χ1v) is 8.60. The summed E-state index contributed by atoms with van der Waals surface area (Å²) < 4.78 is 0. The third-order valence-corrected chi connectivity index (χ3v) is 3.73. The molecule has 0 spiro atoms. The van der Waals surface area contributed by atoms with Crippen molar-refractivity contribution in [3.05, 3.63) is 69.7 Å². The first-order chi connectivity index (χ1) is 11.2. The van der Waals surface area contributed by atoms with Crippen LogP contribution in [0.4, 0.5) is 0 Å². The lowest BCUT2D eigenvalue weighted by atomic mass is 10.2. The summed E-state index contributed by atoms with van der Waals surface area (Å²) in [6.07, 6.45) is 5.23. The van der Waals surface area contributed by atoms with Gasteiger partial charge < -0.3 is 0 Å². The maximum absolute atomic E-state index is 5.83. The highest BCUT2D eigenvalue weighted by Gasteiger charge is 1.94. The van der Waals surface area contributed by atoms with E-state index in [4.69, 9.17) is 23.2 Å². The lowest BCUT2D eigenvalue weighted by Gasteiger charge is -1.99. The van der Waals surface area contributed by atoms with E-state index in [2.05, 4.69) is 20.7 Å². The van der Waals surface area contributed by atoms with Gasteiger partial charge in [-0.2, -0.15) is 10.2 Å². The average Bonchev–Trinajstić information content (AvgIpc) is 2.57. The molecular weight excluding hydrogens is 351 g/mol. The van der Waals surface area contributed by atoms with E-state index < -0.39 is 0 Å². The Kier molecular flexibility index (Phi) is 7.13. The molecule has 0 radical (unpaired) electrons. The van der Waals surface area contributed by atoms with Gasteiger partial charge in [0.05, 0.1) is 12.4 Å². The van der Waals surface area contributed by atoms with Gasteiger partial charge in [-0.1, -0.05) is 59.2 Å². The van der Waals surface area contributed by atoms with Gasteiger partial charge in [0.15, 0.2) is 0 Å². The fraction of sp³-hybridized carbons (Fsp3) is 0.0625. The van der Waals surface area contributed by atoms with Crippen molar-refractivity contribution >= 4 is 52.6 Å². The van der Waals surface area contributed by atoms with Gasteiger partial charge in [0, 0.05) is 10.0 Å². The third kappa shape index (κ3) is 6.44. The molecule has 0 bridgehead atoms. The van der Waals surface area contributed by atoms with E-state index in [1.54, 1.807) is 24.6 Å². The first-order valence-electron chi connectivity index (χ1n) is 6.62. The molecule has 0 aromatic heterocycles. The lowest BCUT2D eigenvalue weighted by Crippen LogP contribution is -2.13. The lowest BCUT2D eigenvalue weighted by molar-refractivity contribution is 1.03. The van der Waals surface area contributed by atoms with Crippen LogP contribution in [0.3, 0.4) is 0 Å². The van der Waals surface area contributed by atoms with E-state index >= 15 is 0 Å². The first kappa shape index (κ1) is 17.5. The van der Waals surface area contributed by atoms with Crippen LogP contribution in [0.5, 0.6) is 0 Å². The topological polar surface area (TPSA) is 49.1 Å². The van der Waals surface area contributed by atoms with E-state index in [0.717, 1.165) is 11.1 Å². The van der Waals surface area contributed by atoms with Crippen molar-refractivity contribution in [1.82, 2.24) is 5.43 Å². The Morgan fingerprint density at radius 3 is 1.96 bits per heavy atom. The number of hydrogen-bond donors (Lipinski definition) is 1. The van der Waals surface area contributed by atoms with Gasteiger partial charge >= 0.3 is 0 Å². The molecule has 0 heterocycles. The molecule has 0 saturated heterocycles. The van der Waals surface area contributed by atoms with Crippen LogP contribution in [0, 0.1) is 0 Å². The number of benzene rings is 2. The van der Waals surface area contributed by atoms with Crippen molar-refractivity contribution in [2.45, 2.75) is 0 Å². The Morgan fingerprint density at radius 1 is 0.913 bits per heavy atom. The van der Waals surface area contributed by atoms with Crippen molar-refractivity contribution in [1.29, 1.82) is 0 Å². The van der Waals surface area contributed by atoms with E-state index in [-0.39, 0.29) is 0 Å². The van der Waals surface area contributed by atoms with Gasteiger partial charge in [0.1, 0.15) is 0 Å². The summed E-state index contributed by atoms with van der Waals surface area (Å²) >= 11 is 13.1. The van der Waals surface area contributed by atoms with Crippen LogP contribution in [-0.2, 0) is 0 Å². The van der Waals surface area contributed by atoms with Crippen molar-refractivity contribution in [2.24, 2.45) is 15.3 Å².